The molecule has 1 aliphatic heterocycles. The summed E-state index contributed by atoms with van der Waals surface area (Å²) in [7, 11) is 0. The standard InChI is InChI=1S/C24H25N3O3/c1-16-23(19-7-8-20-21(14-19)29-24(28)25-20)22(30-26-16)15-27-11-9-18(10-12-27)13-17-5-3-2-4-6-17/h2-8,14,18H,9-13,15H2,1H3,(H,25,28). The van der Waals surface area contributed by atoms with Crippen molar-refractivity contribution in [3.8, 4) is 11.1 Å². The second kappa shape index (κ2) is 7.95. The molecule has 3 heterocycles. The summed E-state index contributed by atoms with van der Waals surface area (Å²) in [6.45, 7) is 4.81. The third kappa shape index (κ3) is 3.83. The number of fused-ring (bicyclic) bond motifs is 1. The van der Waals surface area contributed by atoms with Gasteiger partial charge in [0.05, 0.1) is 17.8 Å². The van der Waals surface area contributed by atoms with E-state index in [9.17, 15) is 4.79 Å². The van der Waals surface area contributed by atoms with Crippen LogP contribution in [-0.2, 0) is 13.0 Å². The Balaban J connectivity index is 1.29. The Morgan fingerprint density at radius 2 is 1.93 bits per heavy atom. The Morgan fingerprint density at radius 1 is 1.13 bits per heavy atom. The smallest absolute Gasteiger partial charge is 0.408 e. The van der Waals surface area contributed by atoms with Crippen LogP contribution in [0.2, 0.25) is 0 Å². The number of piperidine rings is 1. The molecular formula is C24H25N3O3. The molecule has 0 spiro atoms. The Kier molecular flexibility index (Phi) is 5.01. The van der Waals surface area contributed by atoms with Crippen molar-refractivity contribution in [1.82, 2.24) is 15.0 Å². The van der Waals surface area contributed by atoms with Gasteiger partial charge in [0, 0.05) is 5.56 Å². The van der Waals surface area contributed by atoms with E-state index in [-0.39, 0.29) is 0 Å². The second-order valence-electron chi connectivity index (χ2n) is 8.20. The molecule has 154 valence electrons. The van der Waals surface area contributed by atoms with Crippen LogP contribution in [0.3, 0.4) is 0 Å². The van der Waals surface area contributed by atoms with E-state index >= 15 is 0 Å². The van der Waals surface area contributed by atoms with E-state index in [0.29, 0.717) is 11.1 Å². The van der Waals surface area contributed by atoms with Gasteiger partial charge in [-0.1, -0.05) is 41.6 Å². The van der Waals surface area contributed by atoms with Crippen LogP contribution < -0.4 is 5.76 Å². The third-order valence-corrected chi connectivity index (χ3v) is 6.08. The number of aryl methyl sites for hydroxylation is 1. The molecule has 0 aliphatic carbocycles. The molecule has 0 atom stereocenters. The number of likely N-dealkylation sites (tertiary alicyclic amines) is 1. The Hall–Kier alpha value is -3.12. The van der Waals surface area contributed by atoms with Gasteiger partial charge in [0.15, 0.2) is 11.3 Å². The molecule has 0 bridgehead atoms. The van der Waals surface area contributed by atoms with E-state index < -0.39 is 5.76 Å². The number of aromatic nitrogens is 2. The van der Waals surface area contributed by atoms with Gasteiger partial charge in [-0.2, -0.15) is 0 Å². The van der Waals surface area contributed by atoms with Crippen LogP contribution in [0, 0.1) is 12.8 Å². The molecular weight excluding hydrogens is 378 g/mol. The van der Waals surface area contributed by atoms with Crippen molar-refractivity contribution in [2.75, 3.05) is 13.1 Å². The fourth-order valence-corrected chi connectivity index (χ4v) is 4.49. The van der Waals surface area contributed by atoms with Gasteiger partial charge in [0.2, 0.25) is 0 Å². The first kappa shape index (κ1) is 18.9. The van der Waals surface area contributed by atoms with Crippen molar-refractivity contribution >= 4 is 11.1 Å². The number of oxazole rings is 1. The van der Waals surface area contributed by atoms with E-state index in [1.54, 1.807) is 0 Å². The maximum Gasteiger partial charge on any atom is 0.417 e. The average molecular weight is 403 g/mol. The van der Waals surface area contributed by atoms with Crippen LogP contribution >= 0.6 is 0 Å². The van der Waals surface area contributed by atoms with E-state index in [0.717, 1.165) is 54.6 Å². The minimum Gasteiger partial charge on any atom is -0.408 e. The summed E-state index contributed by atoms with van der Waals surface area (Å²) in [4.78, 5) is 16.6. The number of nitrogens with zero attached hydrogens (tertiary/aromatic N) is 2. The monoisotopic (exact) mass is 403 g/mol. The fourth-order valence-electron chi connectivity index (χ4n) is 4.49. The predicted octanol–water partition coefficient (Wildman–Crippen LogP) is 4.54. The lowest BCUT2D eigenvalue weighted by atomic mass is 9.90. The average Bonchev–Trinajstić information content (AvgIpc) is 3.31. The summed E-state index contributed by atoms with van der Waals surface area (Å²) in [5, 5.41) is 4.21. The largest absolute Gasteiger partial charge is 0.417 e. The molecule has 30 heavy (non-hydrogen) atoms. The highest BCUT2D eigenvalue weighted by molar-refractivity contribution is 5.81. The van der Waals surface area contributed by atoms with Crippen molar-refractivity contribution in [2.45, 2.75) is 32.7 Å². The predicted molar refractivity (Wildman–Crippen MR) is 115 cm³/mol. The van der Waals surface area contributed by atoms with Crippen molar-refractivity contribution < 1.29 is 8.94 Å². The van der Waals surface area contributed by atoms with Crippen molar-refractivity contribution in [1.29, 1.82) is 0 Å². The maximum absolute atomic E-state index is 11.5. The lowest BCUT2D eigenvalue weighted by molar-refractivity contribution is 0.161. The number of aromatic amines is 1. The fraction of sp³-hybridized carbons (Fsp3) is 0.333. The third-order valence-electron chi connectivity index (χ3n) is 6.08. The first-order valence-corrected chi connectivity index (χ1v) is 10.5. The lowest BCUT2D eigenvalue weighted by Gasteiger charge is -2.31. The summed E-state index contributed by atoms with van der Waals surface area (Å²) < 4.78 is 10.9. The molecule has 2 aromatic carbocycles. The van der Waals surface area contributed by atoms with Crippen LogP contribution in [0.25, 0.3) is 22.2 Å². The summed E-state index contributed by atoms with van der Waals surface area (Å²) in [6.07, 6.45) is 3.54. The maximum atomic E-state index is 11.5. The number of benzene rings is 2. The van der Waals surface area contributed by atoms with Crippen LogP contribution in [-0.4, -0.2) is 28.1 Å². The number of H-pyrrole nitrogens is 1. The quantitative estimate of drug-likeness (QED) is 0.529. The zero-order chi connectivity index (χ0) is 20.5. The summed E-state index contributed by atoms with van der Waals surface area (Å²) in [5.74, 6) is 1.16. The minimum atomic E-state index is -0.442. The Labute approximate surface area is 174 Å². The number of hydrogen-bond acceptors (Lipinski definition) is 5. The van der Waals surface area contributed by atoms with Gasteiger partial charge >= 0.3 is 5.76 Å². The van der Waals surface area contributed by atoms with E-state index in [2.05, 4.69) is 45.4 Å². The molecule has 1 N–H and O–H groups in total. The van der Waals surface area contributed by atoms with Gasteiger partial charge in [-0.25, -0.2) is 4.79 Å². The highest BCUT2D eigenvalue weighted by atomic mass is 16.5. The summed E-state index contributed by atoms with van der Waals surface area (Å²) >= 11 is 0. The molecule has 0 unspecified atom stereocenters. The SMILES string of the molecule is Cc1noc(CN2CCC(Cc3ccccc3)CC2)c1-c1ccc2[nH]c(=O)oc2c1. The highest BCUT2D eigenvalue weighted by Gasteiger charge is 2.23. The van der Waals surface area contributed by atoms with Gasteiger partial charge in [0.1, 0.15) is 0 Å². The Morgan fingerprint density at radius 3 is 2.73 bits per heavy atom. The van der Waals surface area contributed by atoms with Crippen LogP contribution in [0.15, 0.2) is 62.3 Å². The molecule has 1 aliphatic rings. The van der Waals surface area contributed by atoms with Crippen molar-refractivity contribution in [3.05, 3.63) is 76.1 Å². The summed E-state index contributed by atoms with van der Waals surface area (Å²) in [5.41, 5.74) is 5.47. The van der Waals surface area contributed by atoms with Gasteiger partial charge < -0.3 is 8.94 Å². The Bertz CT molecular complexity index is 1200. The van der Waals surface area contributed by atoms with Crippen LogP contribution in [0.1, 0.15) is 29.9 Å². The molecule has 0 saturated carbocycles. The highest BCUT2D eigenvalue weighted by Crippen LogP contribution is 2.31. The first-order valence-electron chi connectivity index (χ1n) is 10.5. The molecule has 1 fully saturated rings. The molecule has 6 heteroatoms. The van der Waals surface area contributed by atoms with Gasteiger partial charge in [-0.3, -0.25) is 9.88 Å². The van der Waals surface area contributed by atoms with Crippen LogP contribution in [0.4, 0.5) is 0 Å². The van der Waals surface area contributed by atoms with Crippen LogP contribution in [0.5, 0.6) is 0 Å². The molecule has 2 aromatic heterocycles. The van der Waals surface area contributed by atoms with Gasteiger partial charge in [-0.15, -0.1) is 0 Å². The molecule has 1 saturated heterocycles. The minimum absolute atomic E-state index is 0.442. The zero-order valence-electron chi connectivity index (χ0n) is 17.1. The number of nitrogens with one attached hydrogen (secondary N) is 1. The molecule has 6 nitrogen and oxygen atoms in total. The molecule has 0 radical (unpaired) electrons. The van der Waals surface area contributed by atoms with E-state index in [1.165, 1.54) is 18.4 Å². The van der Waals surface area contributed by atoms with Crippen molar-refractivity contribution in [3.63, 3.8) is 0 Å². The molecule has 5 rings (SSSR count). The van der Waals surface area contributed by atoms with E-state index in [4.69, 9.17) is 8.94 Å². The summed E-state index contributed by atoms with van der Waals surface area (Å²) in [6, 6.07) is 16.5. The number of rotatable bonds is 5. The first-order chi connectivity index (χ1) is 14.7. The van der Waals surface area contributed by atoms with Gasteiger partial charge in [0.25, 0.3) is 0 Å². The topological polar surface area (TPSA) is 75.3 Å². The van der Waals surface area contributed by atoms with E-state index in [1.807, 2.05) is 25.1 Å². The second-order valence-corrected chi connectivity index (χ2v) is 8.20. The number of hydrogen-bond donors (Lipinski definition) is 1. The molecule has 0 amide bonds. The lowest BCUT2D eigenvalue weighted by Crippen LogP contribution is -2.33. The zero-order valence-corrected chi connectivity index (χ0v) is 17.1. The molecule has 4 aromatic rings. The normalized spacial score (nSPS) is 15.8. The van der Waals surface area contributed by atoms with Gasteiger partial charge in [-0.05, 0) is 68.5 Å². The van der Waals surface area contributed by atoms with Crippen molar-refractivity contribution in [2.24, 2.45) is 5.92 Å².